The van der Waals surface area contributed by atoms with Crippen LogP contribution in [0.1, 0.15) is 12.8 Å². The number of rotatable bonds is 7. The van der Waals surface area contributed by atoms with E-state index in [-0.39, 0.29) is 5.75 Å². The lowest BCUT2D eigenvalue weighted by atomic mass is 10.3. The number of nitrogens with zero attached hydrogens (tertiary/aromatic N) is 3. The minimum absolute atomic E-state index is 0.0434. The van der Waals surface area contributed by atoms with Crippen molar-refractivity contribution in [2.75, 3.05) is 19.3 Å². The number of thioether (sulfide) groups is 1. The number of carbonyl (C=O) groups is 1. The van der Waals surface area contributed by atoms with Crippen LogP contribution in [-0.2, 0) is 11.3 Å². The van der Waals surface area contributed by atoms with Gasteiger partial charge in [0, 0.05) is 19.1 Å². The summed E-state index contributed by atoms with van der Waals surface area (Å²) in [5.41, 5.74) is 2.01. The Balaban J connectivity index is 1.81. The lowest BCUT2D eigenvalue weighted by Crippen LogP contribution is -2.25. The molecule has 1 N–H and O–H groups in total. The van der Waals surface area contributed by atoms with E-state index in [4.69, 9.17) is 5.11 Å². The highest BCUT2D eigenvalue weighted by Gasteiger charge is 2.26. The van der Waals surface area contributed by atoms with E-state index in [1.54, 1.807) is 0 Å². The standard InChI is InChI=1S/C15H19N3O2S/c1-17(11-6-7-11)8-9-18-13-5-3-2-4-12(13)16-15(18)21-10-14(19)20/h2-5,11H,6-10H2,1H3,(H,19,20). The molecule has 21 heavy (non-hydrogen) atoms. The molecule has 1 aromatic heterocycles. The van der Waals surface area contributed by atoms with E-state index in [9.17, 15) is 4.79 Å². The Labute approximate surface area is 128 Å². The Morgan fingerprint density at radius 3 is 2.95 bits per heavy atom. The Kier molecular flexibility index (Phi) is 4.17. The molecule has 1 aliphatic carbocycles. The molecule has 0 amide bonds. The molecule has 1 aliphatic rings. The van der Waals surface area contributed by atoms with Crippen molar-refractivity contribution in [1.29, 1.82) is 0 Å². The number of para-hydroxylation sites is 2. The molecule has 2 aromatic rings. The highest BCUT2D eigenvalue weighted by atomic mass is 32.2. The molecule has 3 rings (SSSR count). The van der Waals surface area contributed by atoms with Crippen LogP contribution >= 0.6 is 11.8 Å². The summed E-state index contributed by atoms with van der Waals surface area (Å²) in [5.74, 6) is -0.768. The molecule has 112 valence electrons. The van der Waals surface area contributed by atoms with E-state index in [0.717, 1.165) is 35.3 Å². The summed E-state index contributed by atoms with van der Waals surface area (Å²) in [6.45, 7) is 1.81. The topological polar surface area (TPSA) is 58.4 Å². The van der Waals surface area contributed by atoms with Crippen LogP contribution in [0.5, 0.6) is 0 Å². The zero-order valence-electron chi connectivity index (χ0n) is 12.0. The summed E-state index contributed by atoms with van der Waals surface area (Å²) in [7, 11) is 2.15. The summed E-state index contributed by atoms with van der Waals surface area (Å²) in [5, 5.41) is 9.67. The molecule has 1 aromatic carbocycles. The maximum atomic E-state index is 10.8. The number of hydrogen-bond donors (Lipinski definition) is 1. The number of carboxylic acids is 1. The maximum absolute atomic E-state index is 10.8. The van der Waals surface area contributed by atoms with Crippen LogP contribution < -0.4 is 0 Å². The van der Waals surface area contributed by atoms with Gasteiger partial charge in [0.25, 0.3) is 0 Å². The van der Waals surface area contributed by atoms with Crippen LogP contribution in [0.4, 0.5) is 0 Å². The molecule has 0 spiro atoms. The van der Waals surface area contributed by atoms with Gasteiger partial charge in [0.15, 0.2) is 5.16 Å². The van der Waals surface area contributed by atoms with Crippen molar-refractivity contribution in [1.82, 2.24) is 14.5 Å². The molecule has 0 radical (unpaired) electrons. The fraction of sp³-hybridized carbons (Fsp3) is 0.467. The molecular weight excluding hydrogens is 286 g/mol. The van der Waals surface area contributed by atoms with Crippen LogP contribution in [0.2, 0.25) is 0 Å². The Hall–Kier alpha value is -1.53. The quantitative estimate of drug-likeness (QED) is 0.796. The van der Waals surface area contributed by atoms with E-state index < -0.39 is 5.97 Å². The number of imidazole rings is 1. The van der Waals surface area contributed by atoms with Gasteiger partial charge in [0.05, 0.1) is 16.8 Å². The Bertz CT molecular complexity index is 651. The van der Waals surface area contributed by atoms with Gasteiger partial charge in [-0.1, -0.05) is 23.9 Å². The highest BCUT2D eigenvalue weighted by Crippen LogP contribution is 2.27. The minimum Gasteiger partial charge on any atom is -0.481 e. The van der Waals surface area contributed by atoms with Crippen LogP contribution in [0.25, 0.3) is 11.0 Å². The van der Waals surface area contributed by atoms with E-state index in [0.29, 0.717) is 0 Å². The van der Waals surface area contributed by atoms with Crippen LogP contribution in [0.15, 0.2) is 29.4 Å². The summed E-state index contributed by atoms with van der Waals surface area (Å²) in [6, 6.07) is 8.71. The van der Waals surface area contributed by atoms with Gasteiger partial charge < -0.3 is 14.6 Å². The zero-order valence-corrected chi connectivity index (χ0v) is 12.8. The van der Waals surface area contributed by atoms with Gasteiger partial charge in [0.2, 0.25) is 0 Å². The number of hydrogen-bond acceptors (Lipinski definition) is 4. The SMILES string of the molecule is CN(CCn1c(SCC(=O)O)nc2ccccc21)C1CC1. The third-order valence-electron chi connectivity index (χ3n) is 3.79. The van der Waals surface area contributed by atoms with E-state index >= 15 is 0 Å². The summed E-state index contributed by atoms with van der Waals surface area (Å²) in [6.07, 6.45) is 2.59. The molecule has 1 saturated carbocycles. The van der Waals surface area contributed by atoms with Crippen molar-refractivity contribution >= 4 is 28.8 Å². The van der Waals surface area contributed by atoms with Crippen LogP contribution in [0.3, 0.4) is 0 Å². The number of aliphatic carboxylic acids is 1. The molecular formula is C15H19N3O2S. The first-order valence-corrected chi connectivity index (χ1v) is 8.14. The fourth-order valence-electron chi connectivity index (χ4n) is 2.46. The second kappa shape index (κ2) is 6.07. The number of likely N-dealkylation sites (N-methyl/N-ethyl adjacent to an activating group) is 1. The first kappa shape index (κ1) is 14.4. The van der Waals surface area contributed by atoms with Gasteiger partial charge in [0.1, 0.15) is 0 Å². The molecule has 0 atom stereocenters. The average molecular weight is 305 g/mol. The summed E-state index contributed by atoms with van der Waals surface area (Å²) in [4.78, 5) is 17.7. The smallest absolute Gasteiger partial charge is 0.313 e. The van der Waals surface area contributed by atoms with Crippen molar-refractivity contribution in [3.8, 4) is 0 Å². The van der Waals surface area contributed by atoms with Crippen LogP contribution in [0, 0.1) is 0 Å². The van der Waals surface area contributed by atoms with E-state index in [1.807, 2.05) is 24.3 Å². The monoisotopic (exact) mass is 305 g/mol. The number of fused-ring (bicyclic) bond motifs is 1. The van der Waals surface area contributed by atoms with Crippen molar-refractivity contribution in [2.45, 2.75) is 30.6 Å². The van der Waals surface area contributed by atoms with Gasteiger partial charge in [-0.25, -0.2) is 4.98 Å². The molecule has 5 nitrogen and oxygen atoms in total. The van der Waals surface area contributed by atoms with Crippen molar-refractivity contribution in [3.05, 3.63) is 24.3 Å². The first-order chi connectivity index (χ1) is 10.1. The van der Waals surface area contributed by atoms with E-state index in [2.05, 4.69) is 21.5 Å². The summed E-state index contributed by atoms with van der Waals surface area (Å²) >= 11 is 1.29. The zero-order chi connectivity index (χ0) is 14.8. The maximum Gasteiger partial charge on any atom is 0.313 e. The number of aromatic nitrogens is 2. The molecule has 0 saturated heterocycles. The average Bonchev–Trinajstić information content (AvgIpc) is 3.25. The lowest BCUT2D eigenvalue weighted by molar-refractivity contribution is -0.133. The first-order valence-electron chi connectivity index (χ1n) is 7.15. The highest BCUT2D eigenvalue weighted by molar-refractivity contribution is 7.99. The third-order valence-corrected chi connectivity index (χ3v) is 4.75. The van der Waals surface area contributed by atoms with Gasteiger partial charge in [-0.05, 0) is 32.0 Å². The predicted octanol–water partition coefficient (Wildman–Crippen LogP) is 2.31. The van der Waals surface area contributed by atoms with Gasteiger partial charge in [-0.2, -0.15) is 0 Å². The van der Waals surface area contributed by atoms with Crippen LogP contribution in [-0.4, -0.2) is 50.9 Å². The van der Waals surface area contributed by atoms with Crippen molar-refractivity contribution in [3.63, 3.8) is 0 Å². The molecule has 6 heteroatoms. The second-order valence-electron chi connectivity index (χ2n) is 5.43. The molecule has 1 heterocycles. The lowest BCUT2D eigenvalue weighted by Gasteiger charge is -2.17. The van der Waals surface area contributed by atoms with Crippen molar-refractivity contribution < 1.29 is 9.90 Å². The van der Waals surface area contributed by atoms with Gasteiger partial charge in [-0.15, -0.1) is 0 Å². The van der Waals surface area contributed by atoms with Crippen molar-refractivity contribution in [2.24, 2.45) is 0 Å². The molecule has 0 bridgehead atoms. The second-order valence-corrected chi connectivity index (χ2v) is 6.37. The number of carboxylic acid groups (broad SMARTS) is 1. The minimum atomic E-state index is -0.811. The summed E-state index contributed by atoms with van der Waals surface area (Å²) < 4.78 is 2.14. The van der Waals surface area contributed by atoms with E-state index in [1.165, 1.54) is 24.6 Å². The van der Waals surface area contributed by atoms with Gasteiger partial charge in [-0.3, -0.25) is 4.79 Å². The van der Waals surface area contributed by atoms with Gasteiger partial charge >= 0.3 is 5.97 Å². The predicted molar refractivity (Wildman–Crippen MR) is 83.7 cm³/mol. The fourth-order valence-corrected chi connectivity index (χ4v) is 3.22. The molecule has 0 aliphatic heterocycles. The Morgan fingerprint density at radius 2 is 2.24 bits per heavy atom. The Morgan fingerprint density at radius 1 is 1.48 bits per heavy atom. The number of benzene rings is 1. The normalized spacial score (nSPS) is 15.0. The third kappa shape index (κ3) is 3.39. The molecule has 0 unspecified atom stereocenters. The largest absolute Gasteiger partial charge is 0.481 e. The molecule has 1 fully saturated rings.